The minimum Gasteiger partial charge on any atom is -0.355 e. The Kier molecular flexibility index (Phi) is 6.96. The topological polar surface area (TPSA) is 82.3 Å². The summed E-state index contributed by atoms with van der Waals surface area (Å²) in [5.41, 5.74) is 5.99. The first-order valence-electron chi connectivity index (χ1n) is 9.83. The summed E-state index contributed by atoms with van der Waals surface area (Å²) in [5.74, 6) is 1.04. The number of hydrogen-bond donors (Lipinski definition) is 4. The molecule has 3 rings (SSSR count). The van der Waals surface area contributed by atoms with Crippen LogP contribution in [0.1, 0.15) is 51.4 Å². The van der Waals surface area contributed by atoms with E-state index in [2.05, 4.69) is 21.5 Å². The van der Waals surface area contributed by atoms with Crippen LogP contribution in [0.2, 0.25) is 0 Å². The number of alkyl halides is 1. The average molecular weight is 371 g/mol. The maximum absolute atomic E-state index is 12.2. The van der Waals surface area contributed by atoms with E-state index >= 15 is 0 Å². The molecule has 142 valence electrons. The van der Waals surface area contributed by atoms with Gasteiger partial charge in [0.15, 0.2) is 0 Å². The van der Waals surface area contributed by atoms with Crippen LogP contribution in [0.4, 0.5) is 0 Å². The first-order valence-corrected chi connectivity index (χ1v) is 10.3. The Hall–Kier alpha value is -0.850. The highest BCUT2D eigenvalue weighted by molar-refractivity contribution is 6.20. The van der Waals surface area contributed by atoms with Gasteiger partial charge in [-0.25, -0.2) is 5.43 Å². The third kappa shape index (κ3) is 5.08. The standard InChI is InChI=1S/C18H31ClN4O2/c19-13-7-5-12(6-8-13)17(24)21-10-9-20-11-16-14-3-1-2-4-15(14)18(25)23-22-16/h12-16,20,22H,1-11H2,(H,21,24)(H,23,25). The zero-order chi connectivity index (χ0) is 17.6. The second kappa shape index (κ2) is 9.19. The van der Waals surface area contributed by atoms with Crippen LogP contribution in [-0.4, -0.2) is 42.9 Å². The predicted octanol–water partition coefficient (Wildman–Crippen LogP) is 1.30. The molecule has 3 atom stereocenters. The number of amides is 2. The second-order valence-corrected chi connectivity index (χ2v) is 8.36. The van der Waals surface area contributed by atoms with Crippen molar-refractivity contribution in [2.24, 2.45) is 17.8 Å². The molecule has 0 aromatic rings. The maximum Gasteiger partial charge on any atom is 0.237 e. The number of fused-ring (bicyclic) bond motifs is 1. The summed E-state index contributed by atoms with van der Waals surface area (Å²) >= 11 is 6.09. The van der Waals surface area contributed by atoms with Crippen LogP contribution >= 0.6 is 11.6 Å². The summed E-state index contributed by atoms with van der Waals surface area (Å²) in [7, 11) is 0. The first kappa shape index (κ1) is 18.9. The molecule has 2 aliphatic carbocycles. The molecule has 6 nitrogen and oxygen atoms in total. The number of nitrogens with one attached hydrogen (secondary N) is 4. The molecule has 7 heteroatoms. The summed E-state index contributed by atoms with van der Waals surface area (Å²) in [4.78, 5) is 24.1. The second-order valence-electron chi connectivity index (χ2n) is 7.74. The average Bonchev–Trinajstić information content (AvgIpc) is 2.64. The molecule has 0 radical (unpaired) electrons. The van der Waals surface area contributed by atoms with Crippen molar-refractivity contribution in [3.05, 3.63) is 0 Å². The molecule has 25 heavy (non-hydrogen) atoms. The largest absolute Gasteiger partial charge is 0.355 e. The van der Waals surface area contributed by atoms with Crippen molar-refractivity contribution in [2.45, 2.75) is 62.8 Å². The van der Waals surface area contributed by atoms with Crippen molar-refractivity contribution in [2.75, 3.05) is 19.6 Å². The predicted molar refractivity (Wildman–Crippen MR) is 98.0 cm³/mol. The van der Waals surface area contributed by atoms with Gasteiger partial charge in [-0.15, -0.1) is 11.6 Å². The van der Waals surface area contributed by atoms with Crippen molar-refractivity contribution < 1.29 is 9.59 Å². The lowest BCUT2D eigenvalue weighted by molar-refractivity contribution is -0.133. The van der Waals surface area contributed by atoms with Crippen LogP contribution in [0.3, 0.4) is 0 Å². The third-order valence-electron chi connectivity index (χ3n) is 6.05. The van der Waals surface area contributed by atoms with Gasteiger partial charge in [-0.3, -0.25) is 15.0 Å². The van der Waals surface area contributed by atoms with E-state index in [9.17, 15) is 9.59 Å². The highest BCUT2D eigenvalue weighted by Crippen LogP contribution is 2.34. The summed E-state index contributed by atoms with van der Waals surface area (Å²) in [6.07, 6.45) is 8.20. The molecular formula is C18H31ClN4O2. The monoisotopic (exact) mass is 370 g/mol. The lowest BCUT2D eigenvalue weighted by Gasteiger charge is -2.41. The number of carbonyl (C=O) groups is 2. The van der Waals surface area contributed by atoms with Gasteiger partial charge in [0, 0.05) is 42.9 Å². The van der Waals surface area contributed by atoms with Gasteiger partial charge >= 0.3 is 0 Å². The maximum atomic E-state index is 12.2. The quantitative estimate of drug-likeness (QED) is 0.419. The Morgan fingerprint density at radius 1 is 1.08 bits per heavy atom. The minimum atomic E-state index is 0.133. The van der Waals surface area contributed by atoms with Gasteiger partial charge in [0.05, 0.1) is 0 Å². The van der Waals surface area contributed by atoms with Gasteiger partial charge in [-0.1, -0.05) is 12.8 Å². The van der Waals surface area contributed by atoms with Gasteiger partial charge < -0.3 is 10.6 Å². The zero-order valence-electron chi connectivity index (χ0n) is 14.9. The van der Waals surface area contributed by atoms with Crippen molar-refractivity contribution in [3.8, 4) is 0 Å². The van der Waals surface area contributed by atoms with E-state index in [4.69, 9.17) is 11.6 Å². The SMILES string of the molecule is O=C(NCCNCC1NNC(=O)C2CCCCC12)C1CCC(Cl)CC1. The number of halogens is 1. The lowest BCUT2D eigenvalue weighted by atomic mass is 9.74. The van der Waals surface area contributed by atoms with Gasteiger partial charge in [-0.05, 0) is 44.4 Å². The van der Waals surface area contributed by atoms with E-state index in [1.54, 1.807) is 0 Å². The van der Waals surface area contributed by atoms with E-state index in [1.165, 1.54) is 6.42 Å². The van der Waals surface area contributed by atoms with Gasteiger partial charge in [0.2, 0.25) is 11.8 Å². The van der Waals surface area contributed by atoms with Crippen molar-refractivity contribution in [1.82, 2.24) is 21.5 Å². The first-order chi connectivity index (χ1) is 12.1. The Labute approximate surface area is 155 Å². The molecule has 3 aliphatic rings. The van der Waals surface area contributed by atoms with Gasteiger partial charge in [0.25, 0.3) is 0 Å². The highest BCUT2D eigenvalue weighted by atomic mass is 35.5. The molecule has 3 fully saturated rings. The number of carbonyl (C=O) groups excluding carboxylic acids is 2. The van der Waals surface area contributed by atoms with E-state index in [1.807, 2.05) is 0 Å². The summed E-state index contributed by atoms with van der Waals surface area (Å²) in [6.45, 7) is 2.21. The summed E-state index contributed by atoms with van der Waals surface area (Å²) in [6, 6.07) is 0.276. The Balaban J connectivity index is 1.32. The third-order valence-corrected chi connectivity index (χ3v) is 6.48. The Bertz CT molecular complexity index is 468. The molecule has 0 aromatic carbocycles. The van der Waals surface area contributed by atoms with E-state index in [0.717, 1.165) is 58.0 Å². The molecule has 0 spiro atoms. The smallest absolute Gasteiger partial charge is 0.237 e. The number of hydrogen-bond acceptors (Lipinski definition) is 4. The highest BCUT2D eigenvalue weighted by Gasteiger charge is 2.39. The molecular weight excluding hydrogens is 340 g/mol. The molecule has 3 unspecified atom stereocenters. The van der Waals surface area contributed by atoms with Gasteiger partial charge in [0.1, 0.15) is 0 Å². The van der Waals surface area contributed by atoms with Crippen LogP contribution in [0.25, 0.3) is 0 Å². The number of hydrazine groups is 1. The van der Waals surface area contributed by atoms with Crippen molar-refractivity contribution in [1.29, 1.82) is 0 Å². The van der Waals surface area contributed by atoms with Crippen molar-refractivity contribution >= 4 is 23.4 Å². The molecule has 1 saturated heterocycles. The summed E-state index contributed by atoms with van der Waals surface area (Å²) in [5, 5.41) is 6.70. The van der Waals surface area contributed by atoms with E-state index in [0.29, 0.717) is 12.5 Å². The normalized spacial score (nSPS) is 35.6. The molecule has 0 aromatic heterocycles. The van der Waals surface area contributed by atoms with Gasteiger partial charge in [-0.2, -0.15) is 0 Å². The van der Waals surface area contributed by atoms with E-state index in [-0.39, 0.29) is 35.1 Å². The Morgan fingerprint density at radius 3 is 2.64 bits per heavy atom. The van der Waals surface area contributed by atoms with Crippen molar-refractivity contribution in [3.63, 3.8) is 0 Å². The summed E-state index contributed by atoms with van der Waals surface area (Å²) < 4.78 is 0. The fourth-order valence-corrected chi connectivity index (χ4v) is 4.78. The lowest BCUT2D eigenvalue weighted by Crippen LogP contribution is -2.62. The van der Waals surface area contributed by atoms with E-state index < -0.39 is 0 Å². The fraction of sp³-hybridized carbons (Fsp3) is 0.889. The van der Waals surface area contributed by atoms with Crippen LogP contribution in [0, 0.1) is 17.8 Å². The molecule has 1 heterocycles. The van der Waals surface area contributed by atoms with Crippen LogP contribution in [0.15, 0.2) is 0 Å². The Morgan fingerprint density at radius 2 is 1.84 bits per heavy atom. The number of rotatable bonds is 6. The van der Waals surface area contributed by atoms with Crippen LogP contribution in [0.5, 0.6) is 0 Å². The molecule has 4 N–H and O–H groups in total. The van der Waals surface area contributed by atoms with Crippen LogP contribution in [-0.2, 0) is 9.59 Å². The fourth-order valence-electron chi connectivity index (χ4n) is 4.52. The molecule has 0 bridgehead atoms. The molecule has 2 amide bonds. The zero-order valence-corrected chi connectivity index (χ0v) is 15.6. The molecule has 1 aliphatic heterocycles. The molecule has 2 saturated carbocycles. The van der Waals surface area contributed by atoms with Crippen LogP contribution < -0.4 is 21.5 Å². The minimum absolute atomic E-state index is 0.133.